The molecule has 1 N–H and O–H groups in total. The standard InChI is InChI=1S/C13H24N2S/c1-16-11-5-4-10(9-11)14-12-6-8-15-7-2-3-13(12)15/h10-14H,2-9H2,1H3. The molecule has 16 heavy (non-hydrogen) atoms. The normalized spacial score (nSPS) is 44.1. The Kier molecular flexibility index (Phi) is 3.46. The number of nitrogens with zero attached hydrogens (tertiary/aromatic N) is 1. The van der Waals surface area contributed by atoms with Crippen LogP contribution in [0.15, 0.2) is 0 Å². The van der Waals surface area contributed by atoms with Crippen molar-refractivity contribution in [2.75, 3.05) is 19.3 Å². The molecule has 0 spiro atoms. The first-order chi connectivity index (χ1) is 7.86. The van der Waals surface area contributed by atoms with Crippen LogP contribution in [0.1, 0.15) is 38.5 Å². The van der Waals surface area contributed by atoms with E-state index in [0.29, 0.717) is 0 Å². The minimum absolute atomic E-state index is 0.813. The number of hydrogen-bond acceptors (Lipinski definition) is 3. The van der Waals surface area contributed by atoms with Gasteiger partial charge in [0.1, 0.15) is 0 Å². The van der Waals surface area contributed by atoms with Crippen LogP contribution >= 0.6 is 11.8 Å². The van der Waals surface area contributed by atoms with Crippen LogP contribution in [-0.4, -0.2) is 47.6 Å². The van der Waals surface area contributed by atoms with Crippen molar-refractivity contribution in [3.8, 4) is 0 Å². The molecule has 0 bridgehead atoms. The fourth-order valence-electron chi connectivity index (χ4n) is 3.89. The molecule has 4 atom stereocenters. The molecule has 3 rings (SSSR count). The summed E-state index contributed by atoms with van der Waals surface area (Å²) in [7, 11) is 0. The monoisotopic (exact) mass is 240 g/mol. The fraction of sp³-hybridized carbons (Fsp3) is 1.00. The maximum atomic E-state index is 3.96. The van der Waals surface area contributed by atoms with Crippen LogP contribution in [0, 0.1) is 0 Å². The number of thioether (sulfide) groups is 1. The summed E-state index contributed by atoms with van der Waals surface area (Å²) < 4.78 is 0. The van der Waals surface area contributed by atoms with Gasteiger partial charge in [0.15, 0.2) is 0 Å². The number of hydrogen-bond donors (Lipinski definition) is 1. The summed E-state index contributed by atoms with van der Waals surface area (Å²) in [4.78, 5) is 2.71. The molecule has 1 aliphatic carbocycles. The fourth-order valence-corrected chi connectivity index (χ4v) is 4.68. The smallest absolute Gasteiger partial charge is 0.0250 e. The van der Waals surface area contributed by atoms with E-state index in [1.165, 1.54) is 51.6 Å². The van der Waals surface area contributed by atoms with Gasteiger partial charge in [-0.2, -0.15) is 11.8 Å². The Morgan fingerprint density at radius 2 is 2.06 bits per heavy atom. The molecule has 3 fully saturated rings. The zero-order valence-corrected chi connectivity index (χ0v) is 11.1. The van der Waals surface area contributed by atoms with Crippen LogP contribution in [-0.2, 0) is 0 Å². The van der Waals surface area contributed by atoms with Gasteiger partial charge in [0.2, 0.25) is 0 Å². The maximum Gasteiger partial charge on any atom is 0.0250 e. The highest BCUT2D eigenvalue weighted by molar-refractivity contribution is 7.99. The number of fused-ring (bicyclic) bond motifs is 1. The van der Waals surface area contributed by atoms with Gasteiger partial charge in [-0.05, 0) is 51.3 Å². The molecule has 0 amide bonds. The maximum absolute atomic E-state index is 3.96. The summed E-state index contributed by atoms with van der Waals surface area (Å²) in [6.07, 6.45) is 10.8. The van der Waals surface area contributed by atoms with Crippen molar-refractivity contribution < 1.29 is 0 Å². The molecule has 0 aromatic carbocycles. The van der Waals surface area contributed by atoms with Crippen LogP contribution in [0.25, 0.3) is 0 Å². The van der Waals surface area contributed by atoms with E-state index < -0.39 is 0 Å². The largest absolute Gasteiger partial charge is 0.310 e. The van der Waals surface area contributed by atoms with E-state index in [1.54, 1.807) is 0 Å². The number of nitrogens with one attached hydrogen (secondary N) is 1. The van der Waals surface area contributed by atoms with E-state index in [2.05, 4.69) is 28.2 Å². The Balaban J connectivity index is 1.52. The van der Waals surface area contributed by atoms with E-state index in [9.17, 15) is 0 Å². The van der Waals surface area contributed by atoms with Crippen molar-refractivity contribution in [3.05, 3.63) is 0 Å². The second-order valence-electron chi connectivity index (χ2n) is 5.68. The quantitative estimate of drug-likeness (QED) is 0.813. The lowest BCUT2D eigenvalue weighted by Gasteiger charge is -2.24. The van der Waals surface area contributed by atoms with Crippen molar-refractivity contribution in [1.82, 2.24) is 10.2 Å². The predicted molar refractivity (Wildman–Crippen MR) is 71.1 cm³/mol. The van der Waals surface area contributed by atoms with Crippen LogP contribution in [0.4, 0.5) is 0 Å². The van der Waals surface area contributed by atoms with Gasteiger partial charge in [-0.15, -0.1) is 0 Å². The summed E-state index contributed by atoms with van der Waals surface area (Å²) in [5.74, 6) is 0. The molecule has 4 unspecified atom stereocenters. The Morgan fingerprint density at radius 3 is 2.88 bits per heavy atom. The Bertz CT molecular complexity index is 246. The Labute approximate surface area is 104 Å². The first-order valence-electron chi connectivity index (χ1n) is 6.89. The van der Waals surface area contributed by atoms with Gasteiger partial charge in [-0.25, -0.2) is 0 Å². The lowest BCUT2D eigenvalue weighted by Crippen LogP contribution is -2.43. The zero-order chi connectivity index (χ0) is 11.0. The summed E-state index contributed by atoms with van der Waals surface area (Å²) in [5.41, 5.74) is 0. The van der Waals surface area contributed by atoms with Gasteiger partial charge in [0, 0.05) is 29.9 Å². The Hall–Kier alpha value is 0.270. The predicted octanol–water partition coefficient (Wildman–Crippen LogP) is 2.10. The first-order valence-corrected chi connectivity index (χ1v) is 8.18. The minimum Gasteiger partial charge on any atom is -0.310 e. The third kappa shape index (κ3) is 2.14. The summed E-state index contributed by atoms with van der Waals surface area (Å²) in [5, 5.41) is 4.89. The Morgan fingerprint density at radius 1 is 1.12 bits per heavy atom. The SMILES string of the molecule is CSC1CCC(NC2CCN3CCCC23)C1. The van der Waals surface area contributed by atoms with Crippen molar-refractivity contribution in [2.45, 2.75) is 61.9 Å². The molecular weight excluding hydrogens is 216 g/mol. The van der Waals surface area contributed by atoms with Crippen LogP contribution in [0.5, 0.6) is 0 Å². The third-order valence-electron chi connectivity index (χ3n) is 4.77. The van der Waals surface area contributed by atoms with E-state index in [0.717, 1.165) is 23.4 Å². The summed E-state index contributed by atoms with van der Waals surface area (Å²) >= 11 is 2.06. The minimum atomic E-state index is 0.813. The van der Waals surface area contributed by atoms with E-state index in [4.69, 9.17) is 0 Å². The van der Waals surface area contributed by atoms with Crippen molar-refractivity contribution in [3.63, 3.8) is 0 Å². The van der Waals surface area contributed by atoms with Gasteiger partial charge in [-0.1, -0.05) is 0 Å². The molecule has 2 heterocycles. The average molecular weight is 240 g/mol. The second kappa shape index (κ2) is 4.87. The lowest BCUT2D eigenvalue weighted by molar-refractivity contribution is 0.288. The molecule has 0 aromatic heterocycles. The molecule has 92 valence electrons. The van der Waals surface area contributed by atoms with Gasteiger partial charge in [0.25, 0.3) is 0 Å². The van der Waals surface area contributed by atoms with Gasteiger partial charge in [-0.3, -0.25) is 4.90 Å². The van der Waals surface area contributed by atoms with Crippen LogP contribution < -0.4 is 5.32 Å². The van der Waals surface area contributed by atoms with E-state index in [1.807, 2.05) is 0 Å². The van der Waals surface area contributed by atoms with Crippen LogP contribution in [0.2, 0.25) is 0 Å². The summed E-state index contributed by atoms with van der Waals surface area (Å²) in [6, 6.07) is 2.52. The molecule has 2 saturated heterocycles. The van der Waals surface area contributed by atoms with Crippen LogP contribution in [0.3, 0.4) is 0 Å². The second-order valence-corrected chi connectivity index (χ2v) is 6.81. The molecule has 1 saturated carbocycles. The molecule has 3 aliphatic rings. The van der Waals surface area contributed by atoms with Gasteiger partial charge in [0.05, 0.1) is 0 Å². The highest BCUT2D eigenvalue weighted by Crippen LogP contribution is 2.32. The molecular formula is C13H24N2S. The molecule has 0 radical (unpaired) electrons. The number of rotatable bonds is 3. The van der Waals surface area contributed by atoms with E-state index >= 15 is 0 Å². The van der Waals surface area contributed by atoms with Crippen molar-refractivity contribution in [1.29, 1.82) is 0 Å². The third-order valence-corrected chi connectivity index (χ3v) is 5.87. The highest BCUT2D eigenvalue weighted by atomic mass is 32.2. The topological polar surface area (TPSA) is 15.3 Å². The average Bonchev–Trinajstić information content (AvgIpc) is 2.97. The zero-order valence-electron chi connectivity index (χ0n) is 10.3. The summed E-state index contributed by atoms with van der Waals surface area (Å²) in [6.45, 7) is 2.71. The molecule has 3 heteroatoms. The van der Waals surface area contributed by atoms with Crippen molar-refractivity contribution in [2.24, 2.45) is 0 Å². The van der Waals surface area contributed by atoms with Crippen molar-refractivity contribution >= 4 is 11.8 Å². The van der Waals surface area contributed by atoms with Gasteiger partial charge < -0.3 is 5.32 Å². The lowest BCUT2D eigenvalue weighted by atomic mass is 10.1. The molecule has 2 aliphatic heterocycles. The highest BCUT2D eigenvalue weighted by Gasteiger charge is 2.38. The molecule has 2 nitrogen and oxygen atoms in total. The first kappa shape index (κ1) is 11.4. The van der Waals surface area contributed by atoms with E-state index in [-0.39, 0.29) is 0 Å². The van der Waals surface area contributed by atoms with Gasteiger partial charge >= 0.3 is 0 Å². The molecule has 0 aromatic rings.